The van der Waals surface area contributed by atoms with Crippen LogP contribution in [0.5, 0.6) is 5.75 Å². The topological polar surface area (TPSA) is 71.6 Å². The van der Waals surface area contributed by atoms with E-state index < -0.39 is 0 Å². The van der Waals surface area contributed by atoms with Gasteiger partial charge in [-0.25, -0.2) is 0 Å². The van der Waals surface area contributed by atoms with Crippen molar-refractivity contribution >= 4 is 17.5 Å². The number of morpholine rings is 1. The average Bonchev–Trinajstić information content (AvgIpc) is 2.62. The lowest BCUT2D eigenvalue weighted by Crippen LogP contribution is -2.41. The van der Waals surface area contributed by atoms with Crippen LogP contribution in [0.1, 0.15) is 16.1 Å². The molecule has 0 bridgehead atoms. The average molecular weight is 349 g/mol. The zero-order valence-electron chi connectivity index (χ0n) is 13.0. The van der Waals surface area contributed by atoms with E-state index in [2.05, 4.69) is 4.98 Å². The number of rotatable bonds is 4. The van der Waals surface area contributed by atoms with E-state index in [0.717, 1.165) is 5.56 Å². The van der Waals surface area contributed by atoms with Crippen LogP contribution in [-0.2, 0) is 11.3 Å². The molecule has 7 heteroatoms. The van der Waals surface area contributed by atoms with Crippen molar-refractivity contribution in [1.82, 2.24) is 9.88 Å². The van der Waals surface area contributed by atoms with Gasteiger partial charge in [-0.1, -0.05) is 29.8 Å². The quantitative estimate of drug-likeness (QED) is 0.918. The molecule has 0 radical (unpaired) electrons. The molecule has 1 saturated heterocycles. The Labute approximate surface area is 144 Å². The van der Waals surface area contributed by atoms with Crippen molar-refractivity contribution in [2.75, 3.05) is 26.3 Å². The number of aromatic amines is 1. The number of benzene rings is 1. The molecule has 1 fully saturated rings. The first-order chi connectivity index (χ1) is 11.6. The number of ether oxygens (including phenoxy) is 2. The van der Waals surface area contributed by atoms with Crippen LogP contribution in [-0.4, -0.2) is 42.1 Å². The molecule has 2 heterocycles. The lowest BCUT2D eigenvalue weighted by atomic mass is 10.2. The van der Waals surface area contributed by atoms with Gasteiger partial charge in [0.1, 0.15) is 12.3 Å². The second-order valence-corrected chi connectivity index (χ2v) is 5.77. The molecule has 1 aromatic carbocycles. The highest BCUT2D eigenvalue weighted by molar-refractivity contribution is 6.31. The largest absolute Gasteiger partial charge is 0.483 e. The fraction of sp³-hybridized carbons (Fsp3) is 0.294. The molecule has 1 amide bonds. The number of carbonyl (C=O) groups excluding carboxylic acids is 1. The summed E-state index contributed by atoms with van der Waals surface area (Å²) in [6.07, 6.45) is 1.41. The number of halogens is 1. The van der Waals surface area contributed by atoms with Crippen LogP contribution in [0.4, 0.5) is 0 Å². The van der Waals surface area contributed by atoms with E-state index in [-0.39, 0.29) is 29.4 Å². The number of amides is 1. The minimum absolute atomic E-state index is 0.147. The van der Waals surface area contributed by atoms with Crippen LogP contribution in [0.25, 0.3) is 0 Å². The van der Waals surface area contributed by atoms with Gasteiger partial charge in [0.2, 0.25) is 5.43 Å². The lowest BCUT2D eigenvalue weighted by Gasteiger charge is -2.26. The second kappa shape index (κ2) is 7.51. The predicted molar refractivity (Wildman–Crippen MR) is 89.6 cm³/mol. The smallest absolute Gasteiger partial charge is 0.270 e. The summed E-state index contributed by atoms with van der Waals surface area (Å²) in [6.45, 7) is 2.24. The van der Waals surface area contributed by atoms with Gasteiger partial charge < -0.3 is 19.4 Å². The summed E-state index contributed by atoms with van der Waals surface area (Å²) in [7, 11) is 0. The number of carbonyl (C=O) groups is 1. The summed E-state index contributed by atoms with van der Waals surface area (Å²) in [5.41, 5.74) is 0.677. The van der Waals surface area contributed by atoms with Crippen molar-refractivity contribution in [1.29, 1.82) is 0 Å². The number of hydrogen-bond donors (Lipinski definition) is 1. The van der Waals surface area contributed by atoms with E-state index in [1.54, 1.807) is 11.0 Å². The van der Waals surface area contributed by atoms with Crippen molar-refractivity contribution in [2.45, 2.75) is 6.61 Å². The van der Waals surface area contributed by atoms with Gasteiger partial charge in [-0.15, -0.1) is 0 Å². The minimum atomic E-state index is -0.350. The number of nitrogens with zero attached hydrogens (tertiary/aromatic N) is 1. The predicted octanol–water partition coefficient (Wildman–Crippen LogP) is 2.08. The number of H-pyrrole nitrogens is 1. The standard InChI is InChI=1S/C17H17ClN2O4/c18-13-4-2-1-3-12(13)11-24-16-10-19-14(9-15(16)21)17(22)20-5-7-23-8-6-20/h1-4,9-10H,5-8,11H2,(H,19,21). The van der Waals surface area contributed by atoms with Crippen LogP contribution < -0.4 is 10.2 Å². The van der Waals surface area contributed by atoms with Crippen LogP contribution in [0.2, 0.25) is 5.02 Å². The Balaban J connectivity index is 1.69. The zero-order valence-corrected chi connectivity index (χ0v) is 13.7. The molecule has 1 aromatic heterocycles. The van der Waals surface area contributed by atoms with Gasteiger partial charge in [-0.05, 0) is 6.07 Å². The van der Waals surface area contributed by atoms with Gasteiger partial charge in [0.25, 0.3) is 5.91 Å². The first-order valence-corrected chi connectivity index (χ1v) is 7.99. The summed E-state index contributed by atoms with van der Waals surface area (Å²) in [5.74, 6) is -0.0681. The third-order valence-electron chi connectivity index (χ3n) is 3.75. The number of pyridine rings is 1. The van der Waals surface area contributed by atoms with E-state index in [0.29, 0.717) is 31.3 Å². The van der Waals surface area contributed by atoms with Gasteiger partial charge in [0, 0.05) is 35.9 Å². The third-order valence-corrected chi connectivity index (χ3v) is 4.12. The highest BCUT2D eigenvalue weighted by atomic mass is 35.5. The Bertz CT molecular complexity index is 784. The van der Waals surface area contributed by atoms with Crippen molar-refractivity contribution in [3.8, 4) is 5.75 Å². The first-order valence-electron chi connectivity index (χ1n) is 7.61. The Hall–Kier alpha value is -2.31. The van der Waals surface area contributed by atoms with Gasteiger partial charge >= 0.3 is 0 Å². The summed E-state index contributed by atoms with van der Waals surface area (Å²) in [4.78, 5) is 29.0. The Morgan fingerprint density at radius 1 is 1.29 bits per heavy atom. The van der Waals surface area contributed by atoms with Crippen molar-refractivity contribution in [3.63, 3.8) is 0 Å². The van der Waals surface area contributed by atoms with Gasteiger partial charge in [0.15, 0.2) is 5.75 Å². The molecule has 126 valence electrons. The fourth-order valence-corrected chi connectivity index (χ4v) is 2.59. The highest BCUT2D eigenvalue weighted by Crippen LogP contribution is 2.16. The number of aromatic nitrogens is 1. The molecule has 0 spiro atoms. The van der Waals surface area contributed by atoms with E-state index in [4.69, 9.17) is 21.1 Å². The molecule has 2 aromatic rings. The lowest BCUT2D eigenvalue weighted by molar-refractivity contribution is 0.0299. The Morgan fingerprint density at radius 2 is 2.04 bits per heavy atom. The molecule has 1 aliphatic heterocycles. The maximum absolute atomic E-state index is 12.3. The highest BCUT2D eigenvalue weighted by Gasteiger charge is 2.19. The molecule has 24 heavy (non-hydrogen) atoms. The first kappa shape index (κ1) is 16.5. The monoisotopic (exact) mass is 348 g/mol. The summed E-state index contributed by atoms with van der Waals surface area (Å²) >= 11 is 6.06. The molecule has 0 saturated carbocycles. The summed E-state index contributed by atoms with van der Waals surface area (Å²) in [5, 5.41) is 0.577. The SMILES string of the molecule is O=C(c1cc(=O)c(OCc2ccccc2Cl)c[nH]1)N1CCOCC1. The summed E-state index contributed by atoms with van der Waals surface area (Å²) < 4.78 is 10.7. The van der Waals surface area contributed by atoms with Crippen LogP contribution in [0, 0.1) is 0 Å². The van der Waals surface area contributed by atoms with Crippen molar-refractivity contribution in [2.24, 2.45) is 0 Å². The maximum Gasteiger partial charge on any atom is 0.270 e. The molecule has 0 atom stereocenters. The van der Waals surface area contributed by atoms with Gasteiger partial charge in [-0.2, -0.15) is 0 Å². The van der Waals surface area contributed by atoms with Crippen molar-refractivity contribution < 1.29 is 14.3 Å². The Kier molecular flexibility index (Phi) is 5.17. The van der Waals surface area contributed by atoms with Crippen molar-refractivity contribution in [3.05, 3.63) is 63.0 Å². The molecule has 6 nitrogen and oxygen atoms in total. The number of nitrogens with one attached hydrogen (secondary N) is 1. The maximum atomic E-state index is 12.3. The molecule has 0 unspecified atom stereocenters. The summed E-state index contributed by atoms with van der Waals surface area (Å²) in [6, 6.07) is 8.52. The fourth-order valence-electron chi connectivity index (χ4n) is 2.40. The molecule has 1 N–H and O–H groups in total. The normalized spacial score (nSPS) is 14.5. The van der Waals surface area contributed by atoms with Gasteiger partial charge in [-0.3, -0.25) is 9.59 Å². The molecular weight excluding hydrogens is 332 g/mol. The molecule has 3 rings (SSSR count). The van der Waals surface area contributed by atoms with E-state index in [9.17, 15) is 9.59 Å². The Morgan fingerprint density at radius 3 is 2.75 bits per heavy atom. The second-order valence-electron chi connectivity index (χ2n) is 5.36. The molecule has 0 aliphatic carbocycles. The van der Waals surface area contributed by atoms with Crippen LogP contribution in [0.15, 0.2) is 41.3 Å². The molecule has 1 aliphatic rings. The van der Waals surface area contributed by atoms with Crippen LogP contribution >= 0.6 is 11.6 Å². The third kappa shape index (κ3) is 3.77. The van der Waals surface area contributed by atoms with E-state index in [1.807, 2.05) is 18.2 Å². The van der Waals surface area contributed by atoms with E-state index >= 15 is 0 Å². The minimum Gasteiger partial charge on any atom is -0.483 e. The van der Waals surface area contributed by atoms with E-state index in [1.165, 1.54) is 12.3 Å². The van der Waals surface area contributed by atoms with Crippen LogP contribution in [0.3, 0.4) is 0 Å². The van der Waals surface area contributed by atoms with Gasteiger partial charge in [0.05, 0.1) is 13.2 Å². The number of hydrogen-bond acceptors (Lipinski definition) is 4. The molecular formula is C17H17ClN2O4. The zero-order chi connectivity index (χ0) is 16.9.